The van der Waals surface area contributed by atoms with Crippen LogP contribution >= 0.6 is 0 Å². The Morgan fingerprint density at radius 3 is 2.89 bits per heavy atom. The maximum Gasteiger partial charge on any atom is 0.308 e. The van der Waals surface area contributed by atoms with Crippen LogP contribution in [0.25, 0.3) is 0 Å². The number of ether oxygens (including phenoxy) is 2. The average molecular weight is 371 g/mol. The third-order valence-corrected chi connectivity index (χ3v) is 5.20. The van der Waals surface area contributed by atoms with Crippen LogP contribution in [-0.4, -0.2) is 52.0 Å². The molecular weight excluding hydrogens is 350 g/mol. The lowest BCUT2D eigenvalue weighted by Gasteiger charge is -2.17. The summed E-state index contributed by atoms with van der Waals surface area (Å²) in [6.07, 6.45) is 3.14. The number of aliphatic carboxylic acids is 1. The molecule has 2 aliphatic rings. The lowest BCUT2D eigenvalue weighted by Crippen LogP contribution is -2.30. The third-order valence-electron chi connectivity index (χ3n) is 5.20. The largest absolute Gasteiger partial charge is 0.481 e. The second-order valence-electron chi connectivity index (χ2n) is 6.89. The Morgan fingerprint density at radius 2 is 2.11 bits per heavy atom. The smallest absolute Gasteiger partial charge is 0.308 e. The molecule has 1 aromatic carbocycles. The second-order valence-corrected chi connectivity index (χ2v) is 6.89. The van der Waals surface area contributed by atoms with Gasteiger partial charge in [0.25, 0.3) is 5.91 Å². The SMILES string of the molecule is CCCc1[nH]ncc1C(=O)N1C[C@@H](C(=O)O)[C@H](c2ccc3c(c2)OCO3)C1. The molecule has 0 bridgehead atoms. The van der Waals surface area contributed by atoms with Gasteiger partial charge in [-0.3, -0.25) is 14.7 Å². The van der Waals surface area contributed by atoms with Crippen molar-refractivity contribution < 1.29 is 24.2 Å². The van der Waals surface area contributed by atoms with Crippen LogP contribution in [0.15, 0.2) is 24.4 Å². The van der Waals surface area contributed by atoms with Gasteiger partial charge >= 0.3 is 5.97 Å². The number of rotatable bonds is 5. The Morgan fingerprint density at radius 1 is 1.30 bits per heavy atom. The first-order chi connectivity index (χ1) is 13.1. The summed E-state index contributed by atoms with van der Waals surface area (Å²) in [6, 6.07) is 5.45. The highest BCUT2D eigenvalue weighted by atomic mass is 16.7. The Kier molecular flexibility index (Phi) is 4.47. The van der Waals surface area contributed by atoms with Gasteiger partial charge in [0.05, 0.1) is 17.7 Å². The van der Waals surface area contributed by atoms with Crippen molar-refractivity contribution in [1.29, 1.82) is 0 Å². The molecule has 2 N–H and O–H groups in total. The van der Waals surface area contributed by atoms with Crippen LogP contribution in [0.5, 0.6) is 11.5 Å². The van der Waals surface area contributed by atoms with Crippen LogP contribution in [0, 0.1) is 5.92 Å². The van der Waals surface area contributed by atoms with E-state index in [-0.39, 0.29) is 25.2 Å². The van der Waals surface area contributed by atoms with Crippen molar-refractivity contribution in [3.8, 4) is 11.5 Å². The second kappa shape index (κ2) is 6.94. The van der Waals surface area contributed by atoms with Crippen molar-refractivity contribution in [2.45, 2.75) is 25.7 Å². The Balaban J connectivity index is 1.59. The quantitative estimate of drug-likeness (QED) is 0.833. The minimum Gasteiger partial charge on any atom is -0.481 e. The van der Waals surface area contributed by atoms with Gasteiger partial charge in [0.1, 0.15) is 0 Å². The summed E-state index contributed by atoms with van der Waals surface area (Å²) in [6.45, 7) is 2.70. The number of carboxylic acids is 1. The Bertz CT molecular complexity index is 878. The topological polar surface area (TPSA) is 105 Å². The van der Waals surface area contributed by atoms with Crippen LogP contribution in [0.2, 0.25) is 0 Å². The highest BCUT2D eigenvalue weighted by Crippen LogP contribution is 2.39. The predicted molar refractivity (Wildman–Crippen MR) is 94.9 cm³/mol. The number of benzene rings is 1. The fourth-order valence-electron chi connectivity index (χ4n) is 3.81. The molecule has 2 aliphatic heterocycles. The fraction of sp³-hybridized carbons (Fsp3) is 0.421. The molecule has 27 heavy (non-hydrogen) atoms. The lowest BCUT2D eigenvalue weighted by molar-refractivity contribution is -0.141. The summed E-state index contributed by atoms with van der Waals surface area (Å²) < 4.78 is 10.7. The number of fused-ring (bicyclic) bond motifs is 1. The Hall–Kier alpha value is -3.03. The highest BCUT2D eigenvalue weighted by molar-refractivity contribution is 5.95. The number of hydrogen-bond acceptors (Lipinski definition) is 5. The van der Waals surface area contributed by atoms with E-state index in [9.17, 15) is 14.7 Å². The van der Waals surface area contributed by atoms with Crippen molar-refractivity contribution in [2.75, 3.05) is 19.9 Å². The molecule has 0 unspecified atom stereocenters. The highest BCUT2D eigenvalue weighted by Gasteiger charge is 2.41. The monoisotopic (exact) mass is 371 g/mol. The molecule has 8 heteroatoms. The van der Waals surface area contributed by atoms with Gasteiger partial charge in [0.15, 0.2) is 11.5 Å². The van der Waals surface area contributed by atoms with Crippen LogP contribution in [0.3, 0.4) is 0 Å². The van der Waals surface area contributed by atoms with Crippen LogP contribution in [0.1, 0.15) is 40.9 Å². The molecule has 0 spiro atoms. The first-order valence-corrected chi connectivity index (χ1v) is 9.02. The number of aryl methyl sites for hydroxylation is 1. The Labute approximate surface area is 156 Å². The zero-order chi connectivity index (χ0) is 19.0. The number of H-pyrrole nitrogens is 1. The van der Waals surface area contributed by atoms with Gasteiger partial charge in [-0.1, -0.05) is 19.4 Å². The van der Waals surface area contributed by atoms with Crippen LogP contribution in [-0.2, 0) is 11.2 Å². The van der Waals surface area contributed by atoms with E-state index < -0.39 is 11.9 Å². The molecule has 1 amide bonds. The molecular formula is C19H21N3O5. The van der Waals surface area contributed by atoms with E-state index in [4.69, 9.17) is 9.47 Å². The molecule has 4 rings (SSSR count). The van der Waals surface area contributed by atoms with E-state index in [2.05, 4.69) is 10.2 Å². The zero-order valence-electron chi connectivity index (χ0n) is 15.0. The number of nitrogens with zero attached hydrogens (tertiary/aromatic N) is 2. The first kappa shape index (κ1) is 17.4. The minimum atomic E-state index is -0.908. The lowest BCUT2D eigenvalue weighted by atomic mass is 9.89. The number of hydrogen-bond donors (Lipinski definition) is 2. The minimum absolute atomic E-state index is 0.164. The predicted octanol–water partition coefficient (Wildman–Crippen LogP) is 2.03. The molecule has 3 heterocycles. The van der Waals surface area contributed by atoms with Crippen LogP contribution < -0.4 is 9.47 Å². The van der Waals surface area contributed by atoms with Gasteiger partial charge in [0.2, 0.25) is 6.79 Å². The number of aromatic amines is 1. The van der Waals surface area contributed by atoms with Crippen LogP contribution in [0.4, 0.5) is 0 Å². The fourth-order valence-corrected chi connectivity index (χ4v) is 3.81. The van der Waals surface area contributed by atoms with Crippen molar-refractivity contribution >= 4 is 11.9 Å². The number of carbonyl (C=O) groups excluding carboxylic acids is 1. The van der Waals surface area contributed by atoms with E-state index >= 15 is 0 Å². The van der Waals surface area contributed by atoms with E-state index in [1.54, 1.807) is 11.0 Å². The molecule has 0 saturated carbocycles. The summed E-state index contributed by atoms with van der Waals surface area (Å²) >= 11 is 0. The number of aromatic nitrogens is 2. The van der Waals surface area contributed by atoms with Gasteiger partial charge in [0, 0.05) is 24.7 Å². The number of carbonyl (C=O) groups is 2. The molecule has 2 atom stereocenters. The van der Waals surface area contributed by atoms with Crippen molar-refractivity contribution in [3.63, 3.8) is 0 Å². The summed E-state index contributed by atoms with van der Waals surface area (Å²) in [7, 11) is 0. The van der Waals surface area contributed by atoms with Crippen molar-refractivity contribution in [3.05, 3.63) is 41.2 Å². The van der Waals surface area contributed by atoms with E-state index in [1.165, 1.54) is 6.20 Å². The van der Waals surface area contributed by atoms with Crippen molar-refractivity contribution in [2.24, 2.45) is 5.92 Å². The number of nitrogens with one attached hydrogen (secondary N) is 1. The number of likely N-dealkylation sites (tertiary alicyclic amines) is 1. The molecule has 1 aromatic heterocycles. The average Bonchev–Trinajstić information content (AvgIpc) is 3.39. The number of amides is 1. The molecule has 0 radical (unpaired) electrons. The van der Waals surface area contributed by atoms with E-state index in [0.717, 1.165) is 24.1 Å². The summed E-state index contributed by atoms with van der Waals surface area (Å²) in [5.41, 5.74) is 2.15. The summed E-state index contributed by atoms with van der Waals surface area (Å²) in [4.78, 5) is 26.4. The normalized spacial score (nSPS) is 20.9. The standard InChI is InChI=1S/C19H21N3O5/c1-2-3-15-12(7-20-21-15)18(23)22-8-13(14(9-22)19(24)25)11-4-5-16-17(6-11)27-10-26-16/h4-7,13-14H,2-3,8-10H2,1H3,(H,20,21)(H,24,25)/t13-,14+/m0/s1. The van der Waals surface area contributed by atoms with Gasteiger partial charge in [-0.05, 0) is 24.1 Å². The van der Waals surface area contributed by atoms with E-state index in [0.29, 0.717) is 23.6 Å². The zero-order valence-corrected chi connectivity index (χ0v) is 15.0. The van der Waals surface area contributed by atoms with Crippen molar-refractivity contribution in [1.82, 2.24) is 15.1 Å². The number of carboxylic acid groups (broad SMARTS) is 1. The van der Waals surface area contributed by atoms with E-state index in [1.807, 2.05) is 19.1 Å². The van der Waals surface area contributed by atoms with Gasteiger partial charge in [-0.15, -0.1) is 0 Å². The summed E-state index contributed by atoms with van der Waals surface area (Å²) in [5.74, 6) is -0.797. The summed E-state index contributed by atoms with van der Waals surface area (Å²) in [5, 5.41) is 16.6. The molecule has 2 aromatic rings. The van der Waals surface area contributed by atoms with Gasteiger partial charge in [-0.2, -0.15) is 5.10 Å². The maximum absolute atomic E-state index is 13.0. The molecule has 1 fully saturated rings. The first-order valence-electron chi connectivity index (χ1n) is 9.02. The molecule has 0 aliphatic carbocycles. The van der Waals surface area contributed by atoms with Gasteiger partial charge in [-0.25, -0.2) is 0 Å². The maximum atomic E-state index is 13.0. The molecule has 1 saturated heterocycles. The van der Waals surface area contributed by atoms with Gasteiger partial charge < -0.3 is 19.5 Å². The molecule has 142 valence electrons. The third kappa shape index (κ3) is 3.11. The molecule has 8 nitrogen and oxygen atoms in total.